The molecule has 2 N–H and O–H groups in total. The Bertz CT molecular complexity index is 1070. The van der Waals surface area contributed by atoms with Crippen LogP contribution in [-0.2, 0) is 19.5 Å². The van der Waals surface area contributed by atoms with Crippen molar-refractivity contribution >= 4 is 21.8 Å². The van der Waals surface area contributed by atoms with Gasteiger partial charge >= 0.3 is 5.97 Å². The van der Waals surface area contributed by atoms with Crippen LogP contribution in [0.15, 0.2) is 35.4 Å². The minimum Gasteiger partial charge on any atom is -0.490 e. The van der Waals surface area contributed by atoms with Gasteiger partial charge in [-0.3, -0.25) is 0 Å². The number of hydrogen-bond acceptors (Lipinski definition) is 9. The molecule has 0 aliphatic carbocycles. The summed E-state index contributed by atoms with van der Waals surface area (Å²) in [7, 11) is -2.76. The first-order chi connectivity index (χ1) is 15.7. The standard InChI is InChI=1S/C22H29N3O7S/c1-15-5-4-6-16(2)20(15)32-14-18(26)13-24-21-19(11-17(12-23-21)22(27)30-3)33(28,29)25-7-9-31-10-8-25/h4-6,11-12,18,26H,7-10,13-14H2,1-3H3,(H,23,24). The molecule has 10 nitrogen and oxygen atoms in total. The van der Waals surface area contributed by atoms with Crippen LogP contribution in [0.1, 0.15) is 21.5 Å². The summed E-state index contributed by atoms with van der Waals surface area (Å²) in [5, 5.41) is 13.3. The summed E-state index contributed by atoms with van der Waals surface area (Å²) in [6, 6.07) is 6.99. The maximum atomic E-state index is 13.3. The van der Waals surface area contributed by atoms with Gasteiger partial charge in [0.15, 0.2) is 0 Å². The van der Waals surface area contributed by atoms with Gasteiger partial charge in [0, 0.05) is 25.8 Å². The highest BCUT2D eigenvalue weighted by Gasteiger charge is 2.30. The van der Waals surface area contributed by atoms with E-state index in [1.807, 2.05) is 32.0 Å². The van der Waals surface area contributed by atoms with Crippen molar-refractivity contribution in [2.75, 3.05) is 51.9 Å². The van der Waals surface area contributed by atoms with E-state index in [-0.39, 0.29) is 55.7 Å². The number of esters is 1. The molecule has 1 unspecified atom stereocenters. The van der Waals surface area contributed by atoms with E-state index in [4.69, 9.17) is 14.2 Å². The molecular weight excluding hydrogens is 450 g/mol. The monoisotopic (exact) mass is 479 g/mol. The van der Waals surface area contributed by atoms with E-state index in [1.165, 1.54) is 23.7 Å². The highest BCUT2D eigenvalue weighted by Crippen LogP contribution is 2.26. The fraction of sp³-hybridized carbons (Fsp3) is 0.455. The average Bonchev–Trinajstić information content (AvgIpc) is 2.82. The first-order valence-corrected chi connectivity index (χ1v) is 11.9. The Hall–Kier alpha value is -2.73. The lowest BCUT2D eigenvalue weighted by Gasteiger charge is -2.27. The van der Waals surface area contributed by atoms with Crippen LogP contribution in [0.25, 0.3) is 0 Å². The number of morpholine rings is 1. The number of benzene rings is 1. The van der Waals surface area contributed by atoms with Crippen molar-refractivity contribution < 1.29 is 32.5 Å². The molecule has 180 valence electrons. The number of sulfonamides is 1. The van der Waals surface area contributed by atoms with Gasteiger partial charge in [0.1, 0.15) is 29.2 Å². The van der Waals surface area contributed by atoms with Gasteiger partial charge < -0.3 is 24.6 Å². The maximum absolute atomic E-state index is 13.3. The van der Waals surface area contributed by atoms with Crippen LogP contribution in [0.5, 0.6) is 5.75 Å². The first-order valence-electron chi connectivity index (χ1n) is 10.5. The Labute approximate surface area is 193 Å². The molecule has 1 atom stereocenters. The Balaban J connectivity index is 1.76. The van der Waals surface area contributed by atoms with Crippen molar-refractivity contribution in [1.82, 2.24) is 9.29 Å². The van der Waals surface area contributed by atoms with Gasteiger partial charge in [-0.1, -0.05) is 18.2 Å². The molecule has 1 aliphatic rings. The number of aliphatic hydroxyl groups excluding tert-OH is 1. The quantitative estimate of drug-likeness (QED) is 0.512. The predicted molar refractivity (Wildman–Crippen MR) is 121 cm³/mol. The molecule has 3 rings (SSSR count). The van der Waals surface area contributed by atoms with E-state index < -0.39 is 22.1 Å². The molecule has 33 heavy (non-hydrogen) atoms. The molecule has 0 bridgehead atoms. The Morgan fingerprint density at radius 2 is 1.94 bits per heavy atom. The van der Waals surface area contributed by atoms with Gasteiger partial charge in [0.2, 0.25) is 10.0 Å². The fourth-order valence-electron chi connectivity index (χ4n) is 3.41. The van der Waals surface area contributed by atoms with Crippen LogP contribution in [0, 0.1) is 13.8 Å². The second kappa shape index (κ2) is 10.9. The van der Waals surface area contributed by atoms with E-state index in [0.717, 1.165) is 11.1 Å². The molecule has 0 radical (unpaired) electrons. The number of nitrogens with one attached hydrogen (secondary N) is 1. The molecular formula is C22H29N3O7S. The lowest BCUT2D eigenvalue weighted by Crippen LogP contribution is -2.41. The molecule has 1 aromatic carbocycles. The molecule has 1 fully saturated rings. The normalized spacial score (nSPS) is 15.6. The number of anilines is 1. The van der Waals surface area contributed by atoms with Gasteiger partial charge in [-0.05, 0) is 31.0 Å². The molecule has 0 saturated carbocycles. The van der Waals surface area contributed by atoms with Crippen LogP contribution in [0.2, 0.25) is 0 Å². The van der Waals surface area contributed by atoms with Gasteiger partial charge in [-0.2, -0.15) is 4.31 Å². The number of pyridine rings is 1. The smallest absolute Gasteiger partial charge is 0.339 e. The number of aliphatic hydroxyl groups is 1. The van der Waals surface area contributed by atoms with E-state index in [2.05, 4.69) is 10.3 Å². The summed E-state index contributed by atoms with van der Waals surface area (Å²) in [6.45, 7) is 4.77. The van der Waals surface area contributed by atoms with Crippen molar-refractivity contribution in [1.29, 1.82) is 0 Å². The lowest BCUT2D eigenvalue weighted by molar-refractivity contribution is 0.0599. The van der Waals surface area contributed by atoms with Gasteiger partial charge in [-0.15, -0.1) is 0 Å². The zero-order chi connectivity index (χ0) is 24.0. The second-order valence-corrected chi connectivity index (χ2v) is 9.55. The van der Waals surface area contributed by atoms with E-state index in [1.54, 1.807) is 0 Å². The highest BCUT2D eigenvalue weighted by molar-refractivity contribution is 7.89. The summed E-state index contributed by atoms with van der Waals surface area (Å²) >= 11 is 0. The van der Waals surface area contributed by atoms with Crippen LogP contribution < -0.4 is 10.1 Å². The number of methoxy groups -OCH3 is 1. The maximum Gasteiger partial charge on any atom is 0.339 e. The van der Waals surface area contributed by atoms with Gasteiger partial charge in [0.05, 0.1) is 25.9 Å². The molecule has 0 amide bonds. The van der Waals surface area contributed by atoms with Crippen molar-refractivity contribution in [3.8, 4) is 5.75 Å². The van der Waals surface area contributed by atoms with E-state index in [0.29, 0.717) is 5.75 Å². The number of aryl methyl sites for hydroxylation is 2. The van der Waals surface area contributed by atoms with Crippen molar-refractivity contribution in [3.63, 3.8) is 0 Å². The number of nitrogens with zero attached hydrogens (tertiary/aromatic N) is 2. The molecule has 1 aromatic heterocycles. The van der Waals surface area contributed by atoms with Crippen LogP contribution in [-0.4, -0.2) is 81.5 Å². The summed E-state index contributed by atoms with van der Waals surface area (Å²) in [5.74, 6) is 0.0301. The third-order valence-electron chi connectivity index (χ3n) is 5.20. The van der Waals surface area contributed by atoms with Crippen LogP contribution >= 0.6 is 0 Å². The van der Waals surface area contributed by atoms with Crippen molar-refractivity contribution in [3.05, 3.63) is 47.2 Å². The highest BCUT2D eigenvalue weighted by atomic mass is 32.2. The number of rotatable bonds is 9. The molecule has 1 aliphatic heterocycles. The number of carbonyl (C=O) groups excluding carboxylic acids is 1. The molecule has 2 aromatic rings. The third kappa shape index (κ3) is 5.99. The number of aromatic nitrogens is 1. The van der Waals surface area contributed by atoms with Crippen molar-refractivity contribution in [2.45, 2.75) is 24.8 Å². The topological polar surface area (TPSA) is 127 Å². The molecule has 0 spiro atoms. The summed E-state index contributed by atoms with van der Waals surface area (Å²) in [5.41, 5.74) is 1.91. The minimum absolute atomic E-state index is 0.00445. The number of para-hydroxylation sites is 1. The summed E-state index contributed by atoms with van der Waals surface area (Å²) in [6.07, 6.45) is 0.288. The molecule has 2 heterocycles. The van der Waals surface area contributed by atoms with E-state index in [9.17, 15) is 18.3 Å². The zero-order valence-corrected chi connectivity index (χ0v) is 19.7. The fourth-order valence-corrected chi connectivity index (χ4v) is 4.96. The van der Waals surface area contributed by atoms with Gasteiger partial charge in [-0.25, -0.2) is 18.2 Å². The number of carbonyl (C=O) groups is 1. The van der Waals surface area contributed by atoms with Crippen LogP contribution in [0.3, 0.4) is 0 Å². The zero-order valence-electron chi connectivity index (χ0n) is 18.9. The Morgan fingerprint density at radius 1 is 1.27 bits per heavy atom. The van der Waals surface area contributed by atoms with Crippen LogP contribution in [0.4, 0.5) is 5.82 Å². The van der Waals surface area contributed by atoms with E-state index >= 15 is 0 Å². The van der Waals surface area contributed by atoms with Crippen molar-refractivity contribution in [2.24, 2.45) is 0 Å². The largest absolute Gasteiger partial charge is 0.490 e. The molecule has 11 heteroatoms. The lowest BCUT2D eigenvalue weighted by atomic mass is 10.1. The Kier molecular flexibility index (Phi) is 8.25. The summed E-state index contributed by atoms with van der Waals surface area (Å²) < 4.78 is 43.5. The number of hydrogen-bond donors (Lipinski definition) is 2. The van der Waals surface area contributed by atoms with Gasteiger partial charge in [0.25, 0.3) is 0 Å². The minimum atomic E-state index is -3.96. The average molecular weight is 480 g/mol. The third-order valence-corrected chi connectivity index (χ3v) is 7.11. The SMILES string of the molecule is COC(=O)c1cnc(NCC(O)COc2c(C)cccc2C)c(S(=O)(=O)N2CCOCC2)c1. The second-order valence-electron chi connectivity index (χ2n) is 7.65. The predicted octanol–water partition coefficient (Wildman–Crippen LogP) is 1.36. The summed E-state index contributed by atoms with van der Waals surface area (Å²) in [4.78, 5) is 15.9. The first kappa shape index (κ1) is 24.9. The molecule has 1 saturated heterocycles. The number of ether oxygens (including phenoxy) is 3. The Morgan fingerprint density at radius 3 is 2.58 bits per heavy atom.